The summed E-state index contributed by atoms with van der Waals surface area (Å²) < 4.78 is 0. The van der Waals surface area contributed by atoms with Crippen LogP contribution in [0.3, 0.4) is 0 Å². The standard InChI is InChI=1S/C19H25NO/c1-13(2)20(14(3)4)19-12-8-11-16(19)17(18(19)21)15-9-6-5-7-10-15/h5-11,13-14,16-17H,12H2,1-4H3. The van der Waals surface area contributed by atoms with E-state index in [0.29, 0.717) is 23.8 Å². The van der Waals surface area contributed by atoms with Crippen LogP contribution in [-0.4, -0.2) is 28.3 Å². The van der Waals surface area contributed by atoms with E-state index in [1.807, 2.05) is 18.2 Å². The van der Waals surface area contributed by atoms with Gasteiger partial charge in [-0.1, -0.05) is 42.5 Å². The van der Waals surface area contributed by atoms with Crippen LogP contribution in [0.5, 0.6) is 0 Å². The molecule has 1 aromatic carbocycles. The van der Waals surface area contributed by atoms with Crippen LogP contribution in [0.25, 0.3) is 0 Å². The molecule has 2 nitrogen and oxygen atoms in total. The molecule has 3 unspecified atom stereocenters. The Morgan fingerprint density at radius 3 is 2.29 bits per heavy atom. The average Bonchev–Trinajstić information content (AvgIpc) is 2.80. The highest BCUT2D eigenvalue weighted by molar-refractivity contribution is 6.03. The Hall–Kier alpha value is -1.41. The number of Topliss-reactive ketones (excluding diaryl/α,β-unsaturated/α-hetero) is 1. The maximum absolute atomic E-state index is 13.1. The maximum atomic E-state index is 13.1. The van der Waals surface area contributed by atoms with E-state index >= 15 is 0 Å². The monoisotopic (exact) mass is 283 g/mol. The highest BCUT2D eigenvalue weighted by Crippen LogP contribution is 2.56. The smallest absolute Gasteiger partial charge is 0.162 e. The Morgan fingerprint density at radius 1 is 1.10 bits per heavy atom. The van der Waals surface area contributed by atoms with E-state index in [0.717, 1.165) is 6.42 Å². The van der Waals surface area contributed by atoms with Gasteiger partial charge < -0.3 is 0 Å². The molecule has 0 radical (unpaired) electrons. The summed E-state index contributed by atoms with van der Waals surface area (Å²) in [5.41, 5.74) is 0.880. The molecular weight excluding hydrogens is 258 g/mol. The van der Waals surface area contributed by atoms with E-state index in [-0.39, 0.29) is 11.5 Å². The van der Waals surface area contributed by atoms with Crippen LogP contribution in [0.4, 0.5) is 0 Å². The van der Waals surface area contributed by atoms with E-state index in [4.69, 9.17) is 0 Å². The van der Waals surface area contributed by atoms with Gasteiger partial charge in [0.1, 0.15) is 0 Å². The molecule has 2 heteroatoms. The predicted molar refractivity (Wildman–Crippen MR) is 86.3 cm³/mol. The first-order valence-corrected chi connectivity index (χ1v) is 8.04. The Labute approximate surface area is 127 Å². The normalized spacial score (nSPS) is 31.1. The molecule has 0 spiro atoms. The summed E-state index contributed by atoms with van der Waals surface area (Å²) in [6.45, 7) is 8.81. The molecule has 1 aromatic rings. The molecule has 1 saturated carbocycles. The zero-order valence-corrected chi connectivity index (χ0v) is 13.4. The van der Waals surface area contributed by atoms with Crippen molar-refractivity contribution in [3.63, 3.8) is 0 Å². The Kier molecular flexibility index (Phi) is 3.53. The van der Waals surface area contributed by atoms with Gasteiger partial charge in [0.15, 0.2) is 5.78 Å². The van der Waals surface area contributed by atoms with Gasteiger partial charge in [0.25, 0.3) is 0 Å². The van der Waals surface area contributed by atoms with Crippen LogP contribution in [0, 0.1) is 5.92 Å². The third-order valence-corrected chi connectivity index (χ3v) is 5.12. The van der Waals surface area contributed by atoms with Gasteiger partial charge in [-0.3, -0.25) is 9.69 Å². The maximum Gasteiger partial charge on any atom is 0.162 e. The fraction of sp³-hybridized carbons (Fsp3) is 0.526. The SMILES string of the molecule is CC(C)N(C(C)C)C12CC=CC1C(c1ccccc1)C2=O. The van der Waals surface area contributed by atoms with E-state index in [9.17, 15) is 4.79 Å². The Morgan fingerprint density at radius 2 is 1.71 bits per heavy atom. The molecule has 0 N–H and O–H groups in total. The summed E-state index contributed by atoms with van der Waals surface area (Å²) in [6, 6.07) is 11.0. The van der Waals surface area contributed by atoms with Crippen LogP contribution >= 0.6 is 0 Å². The number of nitrogens with zero attached hydrogens (tertiary/aromatic N) is 1. The summed E-state index contributed by atoms with van der Waals surface area (Å²) in [4.78, 5) is 15.6. The molecule has 2 aliphatic carbocycles. The van der Waals surface area contributed by atoms with Crippen molar-refractivity contribution in [2.24, 2.45) is 5.92 Å². The van der Waals surface area contributed by atoms with Crippen molar-refractivity contribution in [3.8, 4) is 0 Å². The molecule has 1 fully saturated rings. The Bertz CT molecular complexity index is 552. The van der Waals surface area contributed by atoms with Gasteiger partial charge >= 0.3 is 0 Å². The second-order valence-electron chi connectivity index (χ2n) is 6.93. The molecule has 112 valence electrons. The molecule has 0 heterocycles. The molecule has 0 saturated heterocycles. The minimum atomic E-state index is -0.289. The van der Waals surface area contributed by atoms with E-state index in [2.05, 4.69) is 56.9 Å². The van der Waals surface area contributed by atoms with Crippen molar-refractivity contribution < 1.29 is 4.79 Å². The van der Waals surface area contributed by atoms with E-state index < -0.39 is 0 Å². The Balaban J connectivity index is 1.97. The molecule has 3 rings (SSSR count). The first-order chi connectivity index (χ1) is 10.00. The van der Waals surface area contributed by atoms with Crippen LogP contribution in [-0.2, 0) is 4.79 Å². The third kappa shape index (κ3) is 1.92. The van der Waals surface area contributed by atoms with Crippen LogP contribution in [0.1, 0.15) is 45.6 Å². The summed E-state index contributed by atoms with van der Waals surface area (Å²) in [5.74, 6) is 0.785. The van der Waals surface area contributed by atoms with Gasteiger partial charge in [-0.15, -0.1) is 0 Å². The van der Waals surface area contributed by atoms with Gasteiger partial charge in [-0.25, -0.2) is 0 Å². The molecule has 0 bridgehead atoms. The number of benzene rings is 1. The number of ketones is 1. The fourth-order valence-electron chi connectivity index (χ4n) is 4.62. The minimum Gasteiger partial charge on any atom is -0.297 e. The number of hydrogen-bond acceptors (Lipinski definition) is 2. The number of carbonyl (C=O) groups is 1. The van der Waals surface area contributed by atoms with Crippen LogP contribution in [0.2, 0.25) is 0 Å². The predicted octanol–water partition coefficient (Wildman–Crippen LogP) is 3.79. The summed E-state index contributed by atoms with van der Waals surface area (Å²) in [6.07, 6.45) is 5.36. The lowest BCUT2D eigenvalue weighted by molar-refractivity contribution is -0.155. The number of hydrogen-bond donors (Lipinski definition) is 0. The number of fused-ring (bicyclic) bond motifs is 1. The van der Waals surface area contributed by atoms with Gasteiger partial charge in [-0.05, 0) is 39.7 Å². The highest BCUT2D eigenvalue weighted by Gasteiger charge is 2.65. The fourth-order valence-corrected chi connectivity index (χ4v) is 4.62. The summed E-state index contributed by atoms with van der Waals surface area (Å²) >= 11 is 0. The molecule has 2 aliphatic rings. The lowest BCUT2D eigenvalue weighted by Gasteiger charge is -2.58. The lowest BCUT2D eigenvalue weighted by Crippen LogP contribution is -2.71. The molecular formula is C19H25NO. The molecule has 0 aliphatic heterocycles. The van der Waals surface area contributed by atoms with E-state index in [1.165, 1.54) is 5.56 Å². The van der Waals surface area contributed by atoms with Crippen molar-refractivity contribution in [3.05, 3.63) is 48.0 Å². The van der Waals surface area contributed by atoms with Crippen molar-refractivity contribution in [2.45, 2.75) is 57.7 Å². The first kappa shape index (κ1) is 14.5. The third-order valence-electron chi connectivity index (χ3n) is 5.12. The second-order valence-corrected chi connectivity index (χ2v) is 6.93. The highest BCUT2D eigenvalue weighted by atomic mass is 16.1. The second kappa shape index (κ2) is 5.10. The quantitative estimate of drug-likeness (QED) is 0.784. The molecule has 0 amide bonds. The van der Waals surface area contributed by atoms with Crippen molar-refractivity contribution >= 4 is 5.78 Å². The van der Waals surface area contributed by atoms with Crippen molar-refractivity contribution in [1.82, 2.24) is 4.90 Å². The van der Waals surface area contributed by atoms with Gasteiger partial charge in [-0.2, -0.15) is 0 Å². The van der Waals surface area contributed by atoms with Gasteiger partial charge in [0.2, 0.25) is 0 Å². The minimum absolute atomic E-state index is 0.0462. The van der Waals surface area contributed by atoms with Crippen molar-refractivity contribution in [1.29, 1.82) is 0 Å². The summed E-state index contributed by atoms with van der Waals surface area (Å²) in [5, 5.41) is 0. The van der Waals surface area contributed by atoms with Crippen molar-refractivity contribution in [2.75, 3.05) is 0 Å². The lowest BCUT2D eigenvalue weighted by atomic mass is 9.56. The molecule has 3 atom stereocenters. The van der Waals surface area contributed by atoms with E-state index in [1.54, 1.807) is 0 Å². The van der Waals surface area contributed by atoms with Gasteiger partial charge in [0.05, 0.1) is 11.5 Å². The van der Waals surface area contributed by atoms with Crippen LogP contribution in [0.15, 0.2) is 42.5 Å². The molecule has 21 heavy (non-hydrogen) atoms. The largest absolute Gasteiger partial charge is 0.297 e. The number of rotatable bonds is 4. The average molecular weight is 283 g/mol. The first-order valence-electron chi connectivity index (χ1n) is 8.04. The zero-order chi connectivity index (χ0) is 15.2. The zero-order valence-electron chi connectivity index (χ0n) is 13.4. The topological polar surface area (TPSA) is 20.3 Å². The molecule has 0 aromatic heterocycles. The number of carbonyl (C=O) groups excluding carboxylic acids is 1. The summed E-state index contributed by atoms with van der Waals surface area (Å²) in [7, 11) is 0. The van der Waals surface area contributed by atoms with Crippen LogP contribution < -0.4 is 0 Å². The van der Waals surface area contributed by atoms with Gasteiger partial charge in [0, 0.05) is 18.0 Å².